The third kappa shape index (κ3) is 2.23. The van der Waals surface area contributed by atoms with Crippen LogP contribution in [0.5, 0.6) is 0 Å². The van der Waals surface area contributed by atoms with E-state index in [1.54, 1.807) is 7.11 Å². The summed E-state index contributed by atoms with van der Waals surface area (Å²) >= 11 is 0. The zero-order valence-electron chi connectivity index (χ0n) is 9.66. The Bertz CT molecular complexity index is 476. The van der Waals surface area contributed by atoms with Gasteiger partial charge in [0.2, 0.25) is 0 Å². The molecule has 0 radical (unpaired) electrons. The summed E-state index contributed by atoms with van der Waals surface area (Å²) < 4.78 is 5.08. The largest absolute Gasteiger partial charge is 0.378 e. The van der Waals surface area contributed by atoms with E-state index < -0.39 is 0 Å². The smallest absolute Gasteiger partial charge is 0.0884 e. The number of H-pyrrole nitrogens is 1. The van der Waals surface area contributed by atoms with Crippen LogP contribution in [0, 0.1) is 0 Å². The van der Waals surface area contributed by atoms with Gasteiger partial charge >= 0.3 is 0 Å². The monoisotopic (exact) mass is 219 g/mol. The Hall–Kier alpha value is -1.39. The maximum Gasteiger partial charge on any atom is 0.0884 e. The number of pyridine rings is 1. The standard InChI is InChI=1S/C12H17N3O/c1-8(13)3-9-5-15-12-6-14-10(7-16-2)4-11(9)12/h4-6,8,15H,3,7,13H2,1-2H3. The van der Waals surface area contributed by atoms with Crippen molar-refractivity contribution < 1.29 is 4.74 Å². The van der Waals surface area contributed by atoms with Crippen molar-refractivity contribution in [3.05, 3.63) is 29.7 Å². The lowest BCUT2D eigenvalue weighted by Crippen LogP contribution is -2.17. The Balaban J connectivity index is 2.39. The Labute approximate surface area is 94.8 Å². The van der Waals surface area contributed by atoms with E-state index in [9.17, 15) is 0 Å². The molecule has 0 aliphatic rings. The highest BCUT2D eigenvalue weighted by molar-refractivity contribution is 5.82. The number of ether oxygens (including phenoxy) is 1. The van der Waals surface area contributed by atoms with E-state index in [0.717, 1.165) is 17.6 Å². The second-order valence-corrected chi connectivity index (χ2v) is 4.15. The fraction of sp³-hybridized carbons (Fsp3) is 0.417. The molecule has 0 spiro atoms. The van der Waals surface area contributed by atoms with Crippen LogP contribution in [0.4, 0.5) is 0 Å². The van der Waals surface area contributed by atoms with Crippen LogP contribution in [-0.4, -0.2) is 23.1 Å². The van der Waals surface area contributed by atoms with Crippen LogP contribution in [0.1, 0.15) is 18.2 Å². The molecule has 3 N–H and O–H groups in total. The van der Waals surface area contributed by atoms with Crippen molar-refractivity contribution in [1.82, 2.24) is 9.97 Å². The summed E-state index contributed by atoms with van der Waals surface area (Å²) in [6, 6.07) is 2.23. The number of aromatic nitrogens is 2. The molecule has 2 heterocycles. The van der Waals surface area contributed by atoms with Crippen molar-refractivity contribution in [2.45, 2.75) is 26.0 Å². The first-order valence-electron chi connectivity index (χ1n) is 5.40. The van der Waals surface area contributed by atoms with Crippen molar-refractivity contribution in [2.24, 2.45) is 5.73 Å². The molecule has 0 bridgehead atoms. The Morgan fingerprint density at radius 2 is 2.38 bits per heavy atom. The molecule has 4 heteroatoms. The molecular weight excluding hydrogens is 202 g/mol. The van der Waals surface area contributed by atoms with Crippen molar-refractivity contribution in [1.29, 1.82) is 0 Å². The SMILES string of the molecule is COCc1cc2c(CC(C)N)c[nH]c2cn1. The third-order valence-electron chi connectivity index (χ3n) is 2.54. The third-order valence-corrected chi connectivity index (χ3v) is 2.54. The van der Waals surface area contributed by atoms with Gasteiger partial charge in [0.25, 0.3) is 0 Å². The maximum absolute atomic E-state index is 5.82. The van der Waals surface area contributed by atoms with E-state index in [0.29, 0.717) is 6.61 Å². The summed E-state index contributed by atoms with van der Waals surface area (Å²) in [7, 11) is 1.67. The zero-order chi connectivity index (χ0) is 11.5. The van der Waals surface area contributed by atoms with Crippen LogP contribution in [-0.2, 0) is 17.8 Å². The minimum Gasteiger partial charge on any atom is -0.378 e. The molecule has 0 aromatic carbocycles. The highest BCUT2D eigenvalue weighted by atomic mass is 16.5. The number of methoxy groups -OCH3 is 1. The van der Waals surface area contributed by atoms with E-state index in [-0.39, 0.29) is 6.04 Å². The number of nitrogens with two attached hydrogens (primary N) is 1. The Kier molecular flexibility index (Phi) is 3.22. The van der Waals surface area contributed by atoms with Crippen molar-refractivity contribution in [3.63, 3.8) is 0 Å². The first-order chi connectivity index (χ1) is 7.70. The van der Waals surface area contributed by atoms with Gasteiger partial charge in [-0.05, 0) is 25.0 Å². The molecule has 2 aromatic heterocycles. The summed E-state index contributed by atoms with van der Waals surface area (Å²) in [5.74, 6) is 0. The number of nitrogens with one attached hydrogen (secondary N) is 1. The fourth-order valence-electron chi connectivity index (χ4n) is 1.86. The molecule has 16 heavy (non-hydrogen) atoms. The van der Waals surface area contributed by atoms with Gasteiger partial charge in [0.05, 0.1) is 24.0 Å². The van der Waals surface area contributed by atoms with Crippen LogP contribution >= 0.6 is 0 Å². The molecule has 1 atom stereocenters. The highest BCUT2D eigenvalue weighted by Crippen LogP contribution is 2.19. The average Bonchev–Trinajstić information content (AvgIpc) is 2.61. The quantitative estimate of drug-likeness (QED) is 0.821. The molecule has 0 saturated heterocycles. The first kappa shape index (κ1) is 11.1. The van der Waals surface area contributed by atoms with Crippen molar-refractivity contribution >= 4 is 10.9 Å². The fourth-order valence-corrected chi connectivity index (χ4v) is 1.86. The van der Waals surface area contributed by atoms with Gasteiger partial charge in [-0.25, -0.2) is 0 Å². The normalized spacial score (nSPS) is 13.2. The number of aromatic amines is 1. The maximum atomic E-state index is 5.82. The van der Waals surface area contributed by atoms with Gasteiger partial charge in [-0.1, -0.05) is 0 Å². The second-order valence-electron chi connectivity index (χ2n) is 4.15. The van der Waals surface area contributed by atoms with Gasteiger partial charge in [0.15, 0.2) is 0 Å². The molecule has 0 fully saturated rings. The van der Waals surface area contributed by atoms with Crippen molar-refractivity contribution in [3.8, 4) is 0 Å². The van der Waals surface area contributed by atoms with E-state index in [2.05, 4.69) is 16.0 Å². The lowest BCUT2D eigenvalue weighted by molar-refractivity contribution is 0.181. The van der Waals surface area contributed by atoms with Gasteiger partial charge in [-0.3, -0.25) is 4.98 Å². The molecule has 86 valence electrons. The lowest BCUT2D eigenvalue weighted by atomic mass is 10.1. The van der Waals surface area contributed by atoms with E-state index >= 15 is 0 Å². The van der Waals surface area contributed by atoms with E-state index in [1.807, 2.05) is 19.3 Å². The predicted octanol–water partition coefficient (Wildman–Crippen LogP) is 1.60. The minimum absolute atomic E-state index is 0.165. The first-order valence-corrected chi connectivity index (χ1v) is 5.40. The second kappa shape index (κ2) is 4.63. The van der Waals surface area contributed by atoms with Crippen LogP contribution in [0.2, 0.25) is 0 Å². The van der Waals surface area contributed by atoms with Gasteiger partial charge in [0, 0.05) is 24.7 Å². The average molecular weight is 219 g/mol. The van der Waals surface area contributed by atoms with Crippen LogP contribution in [0.25, 0.3) is 10.9 Å². The van der Waals surface area contributed by atoms with E-state index in [1.165, 1.54) is 10.9 Å². The summed E-state index contributed by atoms with van der Waals surface area (Å²) in [5.41, 5.74) is 9.05. The molecule has 0 aliphatic heterocycles. The molecule has 1 unspecified atom stereocenters. The highest BCUT2D eigenvalue weighted by Gasteiger charge is 2.07. The topological polar surface area (TPSA) is 63.9 Å². The molecular formula is C12H17N3O. The molecule has 2 aromatic rings. The molecule has 2 rings (SSSR count). The Morgan fingerprint density at radius 3 is 3.06 bits per heavy atom. The number of rotatable bonds is 4. The minimum atomic E-state index is 0.165. The zero-order valence-corrected chi connectivity index (χ0v) is 9.66. The van der Waals surface area contributed by atoms with Crippen molar-refractivity contribution in [2.75, 3.05) is 7.11 Å². The van der Waals surface area contributed by atoms with Gasteiger partial charge < -0.3 is 15.5 Å². The lowest BCUT2D eigenvalue weighted by Gasteiger charge is -2.04. The summed E-state index contributed by atoms with van der Waals surface area (Å²) in [6.07, 6.45) is 4.72. The van der Waals surface area contributed by atoms with Crippen LogP contribution in [0.15, 0.2) is 18.5 Å². The van der Waals surface area contributed by atoms with Crippen LogP contribution < -0.4 is 5.73 Å². The predicted molar refractivity (Wildman–Crippen MR) is 64.2 cm³/mol. The number of nitrogens with zero attached hydrogens (tertiary/aromatic N) is 1. The van der Waals surface area contributed by atoms with Gasteiger partial charge in [-0.2, -0.15) is 0 Å². The number of fused-ring (bicyclic) bond motifs is 1. The number of hydrogen-bond donors (Lipinski definition) is 2. The summed E-state index contributed by atoms with van der Waals surface area (Å²) in [4.78, 5) is 7.51. The molecule has 4 nitrogen and oxygen atoms in total. The van der Waals surface area contributed by atoms with Crippen LogP contribution in [0.3, 0.4) is 0 Å². The molecule has 0 amide bonds. The molecule has 0 saturated carbocycles. The van der Waals surface area contributed by atoms with Gasteiger partial charge in [-0.15, -0.1) is 0 Å². The van der Waals surface area contributed by atoms with E-state index in [4.69, 9.17) is 10.5 Å². The Morgan fingerprint density at radius 1 is 1.56 bits per heavy atom. The molecule has 0 aliphatic carbocycles. The summed E-state index contributed by atoms with van der Waals surface area (Å²) in [5, 5.41) is 1.19. The summed E-state index contributed by atoms with van der Waals surface area (Å²) in [6.45, 7) is 2.55. The number of hydrogen-bond acceptors (Lipinski definition) is 3. The van der Waals surface area contributed by atoms with Gasteiger partial charge in [0.1, 0.15) is 0 Å².